The minimum atomic E-state index is 0. The van der Waals surface area contributed by atoms with Crippen LogP contribution < -0.4 is 11.5 Å². The molecule has 76 valence electrons. The summed E-state index contributed by atoms with van der Waals surface area (Å²) in [5.74, 6) is 0. The van der Waals surface area contributed by atoms with Crippen molar-refractivity contribution >= 4 is 41.3 Å². The molecule has 0 radical (unpaired) electrons. The van der Waals surface area contributed by atoms with Gasteiger partial charge < -0.3 is 11.5 Å². The van der Waals surface area contributed by atoms with Crippen molar-refractivity contribution in [3.63, 3.8) is 0 Å². The van der Waals surface area contributed by atoms with Gasteiger partial charge in [0.05, 0.1) is 5.69 Å². The van der Waals surface area contributed by atoms with Crippen LogP contribution in [0, 0.1) is 0 Å². The Bertz CT molecular complexity index is 277. The number of rotatable bonds is 0. The van der Waals surface area contributed by atoms with Crippen LogP contribution in [0.25, 0.3) is 0 Å². The molecule has 0 saturated heterocycles. The Hall–Kier alpha value is -0.0300. The Morgan fingerprint density at radius 2 is 2.08 bits per heavy atom. The summed E-state index contributed by atoms with van der Waals surface area (Å²) in [7, 11) is 0. The van der Waals surface area contributed by atoms with Gasteiger partial charge in [-0.2, -0.15) is 0 Å². The van der Waals surface area contributed by atoms with E-state index in [0.717, 1.165) is 19.3 Å². The summed E-state index contributed by atoms with van der Waals surface area (Å²) in [6.07, 6.45) is 3.02. The van der Waals surface area contributed by atoms with Crippen molar-refractivity contribution in [2.24, 2.45) is 5.73 Å². The largest absolute Gasteiger partial charge is 0.375 e. The molecule has 1 heterocycles. The van der Waals surface area contributed by atoms with Crippen LogP contribution in [0.15, 0.2) is 0 Å². The summed E-state index contributed by atoms with van der Waals surface area (Å²) in [5, 5.41) is 0.684. The van der Waals surface area contributed by atoms with Gasteiger partial charge in [-0.1, -0.05) is 0 Å². The number of aryl methyl sites for hydroxylation is 1. The van der Waals surface area contributed by atoms with Gasteiger partial charge in [-0.25, -0.2) is 4.98 Å². The van der Waals surface area contributed by atoms with E-state index in [1.54, 1.807) is 11.3 Å². The number of fused-ring (bicyclic) bond motifs is 1. The molecule has 0 fully saturated rings. The number of nitrogens with zero attached hydrogens (tertiary/aromatic N) is 1. The van der Waals surface area contributed by atoms with Crippen molar-refractivity contribution < 1.29 is 0 Å². The maximum absolute atomic E-state index is 5.80. The Kier molecular flexibility index (Phi) is 4.99. The molecule has 13 heavy (non-hydrogen) atoms. The molecule has 1 aliphatic rings. The number of nitrogens with two attached hydrogens (primary N) is 2. The van der Waals surface area contributed by atoms with Gasteiger partial charge in [-0.05, 0) is 19.3 Å². The highest BCUT2D eigenvalue weighted by Gasteiger charge is 2.18. The van der Waals surface area contributed by atoms with Crippen molar-refractivity contribution in [3.8, 4) is 0 Å². The van der Waals surface area contributed by atoms with E-state index in [2.05, 4.69) is 4.98 Å². The predicted octanol–water partition coefficient (Wildman–Crippen LogP) is 1.38. The molecule has 1 unspecified atom stereocenters. The second kappa shape index (κ2) is 5.00. The summed E-state index contributed by atoms with van der Waals surface area (Å²) in [6, 6.07) is 0.322. The average molecular weight is 242 g/mol. The van der Waals surface area contributed by atoms with E-state index in [4.69, 9.17) is 11.5 Å². The predicted molar refractivity (Wildman–Crippen MR) is 61.0 cm³/mol. The number of nitrogen functional groups attached to an aromatic ring is 1. The maximum atomic E-state index is 5.80. The molecular weight excluding hydrogens is 229 g/mol. The standard InChI is InChI=1S/C7H11N3S.2ClH/c8-4-1-2-5-6(3-4)11-7(9)10-5;;/h4H,1-3,8H2,(H2,9,10);2*1H. The fourth-order valence-electron chi connectivity index (χ4n) is 1.42. The fourth-order valence-corrected chi connectivity index (χ4v) is 2.39. The Balaban J connectivity index is 0.000000720. The summed E-state index contributed by atoms with van der Waals surface area (Å²) in [4.78, 5) is 5.52. The van der Waals surface area contributed by atoms with E-state index in [0.29, 0.717) is 11.2 Å². The first-order chi connectivity index (χ1) is 5.25. The number of aromatic nitrogens is 1. The lowest BCUT2D eigenvalue weighted by Gasteiger charge is -2.15. The van der Waals surface area contributed by atoms with Gasteiger partial charge in [-0.3, -0.25) is 0 Å². The number of hydrogen-bond acceptors (Lipinski definition) is 4. The highest BCUT2D eigenvalue weighted by molar-refractivity contribution is 7.15. The first kappa shape index (κ1) is 13.0. The van der Waals surface area contributed by atoms with E-state index in [-0.39, 0.29) is 24.8 Å². The summed E-state index contributed by atoms with van der Waals surface area (Å²) in [6.45, 7) is 0. The molecule has 4 N–H and O–H groups in total. The van der Waals surface area contributed by atoms with Gasteiger partial charge in [0, 0.05) is 10.9 Å². The van der Waals surface area contributed by atoms with E-state index in [1.807, 2.05) is 0 Å². The van der Waals surface area contributed by atoms with Crippen molar-refractivity contribution in [2.75, 3.05) is 5.73 Å². The first-order valence-corrected chi connectivity index (χ1v) is 4.57. The molecule has 1 aromatic heterocycles. The summed E-state index contributed by atoms with van der Waals surface area (Å²) in [5.41, 5.74) is 12.5. The van der Waals surface area contributed by atoms with Crippen molar-refractivity contribution in [1.29, 1.82) is 0 Å². The SMILES string of the molecule is Cl.Cl.Nc1nc2c(s1)CC(N)CC2. The monoisotopic (exact) mass is 241 g/mol. The molecular formula is C7H13Cl2N3S. The Labute approximate surface area is 93.7 Å². The quantitative estimate of drug-likeness (QED) is 0.722. The summed E-state index contributed by atoms with van der Waals surface area (Å²) >= 11 is 1.58. The molecule has 0 aromatic carbocycles. The number of anilines is 1. The molecule has 6 heteroatoms. The van der Waals surface area contributed by atoms with Crippen LogP contribution in [0.3, 0.4) is 0 Å². The van der Waals surface area contributed by atoms with Crippen LogP contribution in [0.5, 0.6) is 0 Å². The lowest BCUT2D eigenvalue weighted by Crippen LogP contribution is -2.26. The molecule has 0 amide bonds. The van der Waals surface area contributed by atoms with Crippen LogP contribution in [0.4, 0.5) is 5.13 Å². The zero-order valence-electron chi connectivity index (χ0n) is 7.03. The second-order valence-electron chi connectivity index (χ2n) is 2.92. The van der Waals surface area contributed by atoms with Gasteiger partial charge >= 0.3 is 0 Å². The smallest absolute Gasteiger partial charge is 0.180 e. The molecule has 0 spiro atoms. The van der Waals surface area contributed by atoms with Gasteiger partial charge in [0.25, 0.3) is 0 Å². The number of hydrogen-bond donors (Lipinski definition) is 2. The van der Waals surface area contributed by atoms with Crippen LogP contribution in [-0.2, 0) is 12.8 Å². The minimum absolute atomic E-state index is 0. The van der Waals surface area contributed by atoms with E-state index >= 15 is 0 Å². The first-order valence-electron chi connectivity index (χ1n) is 3.75. The van der Waals surface area contributed by atoms with Crippen molar-refractivity contribution in [3.05, 3.63) is 10.6 Å². The summed E-state index contributed by atoms with van der Waals surface area (Å²) < 4.78 is 0. The third-order valence-corrected chi connectivity index (χ3v) is 2.94. The minimum Gasteiger partial charge on any atom is -0.375 e. The van der Waals surface area contributed by atoms with Gasteiger partial charge in [0.1, 0.15) is 0 Å². The van der Waals surface area contributed by atoms with E-state index in [1.165, 1.54) is 10.6 Å². The van der Waals surface area contributed by atoms with Crippen LogP contribution >= 0.6 is 36.2 Å². The molecule has 0 saturated carbocycles. The molecule has 3 nitrogen and oxygen atoms in total. The highest BCUT2D eigenvalue weighted by atomic mass is 35.5. The van der Waals surface area contributed by atoms with Crippen LogP contribution in [0.2, 0.25) is 0 Å². The normalized spacial score (nSPS) is 19.6. The molecule has 1 aliphatic carbocycles. The lowest BCUT2D eigenvalue weighted by molar-refractivity contribution is 0.576. The highest BCUT2D eigenvalue weighted by Crippen LogP contribution is 2.27. The number of halogens is 2. The Morgan fingerprint density at radius 1 is 1.38 bits per heavy atom. The zero-order chi connectivity index (χ0) is 7.84. The van der Waals surface area contributed by atoms with Crippen molar-refractivity contribution in [1.82, 2.24) is 4.98 Å². The second-order valence-corrected chi connectivity index (χ2v) is 4.04. The van der Waals surface area contributed by atoms with Crippen molar-refractivity contribution in [2.45, 2.75) is 25.3 Å². The van der Waals surface area contributed by atoms with Gasteiger partial charge in [-0.15, -0.1) is 36.2 Å². The number of thiazole rings is 1. The zero-order valence-corrected chi connectivity index (χ0v) is 9.47. The third kappa shape index (κ3) is 2.71. The molecule has 1 aromatic rings. The molecule has 2 rings (SSSR count). The van der Waals surface area contributed by atoms with Gasteiger partial charge in [0.2, 0.25) is 0 Å². The van der Waals surface area contributed by atoms with Gasteiger partial charge in [0.15, 0.2) is 5.13 Å². The van der Waals surface area contributed by atoms with Crippen LogP contribution in [-0.4, -0.2) is 11.0 Å². The average Bonchev–Trinajstić information content (AvgIpc) is 2.27. The fraction of sp³-hybridized carbons (Fsp3) is 0.571. The molecule has 0 bridgehead atoms. The maximum Gasteiger partial charge on any atom is 0.180 e. The van der Waals surface area contributed by atoms with E-state index in [9.17, 15) is 0 Å². The topological polar surface area (TPSA) is 64.9 Å². The molecule has 1 atom stereocenters. The molecule has 0 aliphatic heterocycles. The van der Waals surface area contributed by atoms with Crippen LogP contribution in [0.1, 0.15) is 17.0 Å². The van der Waals surface area contributed by atoms with E-state index < -0.39 is 0 Å². The lowest BCUT2D eigenvalue weighted by atomic mass is 9.99. The Morgan fingerprint density at radius 3 is 2.77 bits per heavy atom. The third-order valence-electron chi connectivity index (χ3n) is 1.99.